The second-order valence-corrected chi connectivity index (χ2v) is 6.84. The predicted molar refractivity (Wildman–Crippen MR) is 83.9 cm³/mol. The standard InChI is InChI=1S/C14H17BrClN3O/c1-14(2,3)17-7-6-12-18-19-13(20-12)10-8-9(16)4-5-11(10)15/h4-5,8,17H,6-7H2,1-3H3. The maximum atomic E-state index is 5.99. The van der Waals surface area contributed by atoms with Crippen molar-refractivity contribution in [1.82, 2.24) is 15.5 Å². The summed E-state index contributed by atoms with van der Waals surface area (Å²) in [6.45, 7) is 7.15. The highest BCUT2D eigenvalue weighted by molar-refractivity contribution is 9.10. The Kier molecular flexibility index (Phi) is 4.83. The minimum atomic E-state index is 0.0822. The van der Waals surface area contributed by atoms with Gasteiger partial charge in [0.2, 0.25) is 11.8 Å². The lowest BCUT2D eigenvalue weighted by atomic mass is 10.1. The van der Waals surface area contributed by atoms with Crippen molar-refractivity contribution >= 4 is 27.5 Å². The van der Waals surface area contributed by atoms with Crippen LogP contribution in [0.2, 0.25) is 5.02 Å². The van der Waals surface area contributed by atoms with Gasteiger partial charge in [-0.1, -0.05) is 11.6 Å². The van der Waals surface area contributed by atoms with E-state index in [1.807, 2.05) is 6.07 Å². The van der Waals surface area contributed by atoms with E-state index < -0.39 is 0 Å². The number of halogens is 2. The molecule has 0 saturated heterocycles. The Morgan fingerprint density at radius 1 is 1.30 bits per heavy atom. The van der Waals surface area contributed by atoms with E-state index in [0.29, 0.717) is 23.2 Å². The number of rotatable bonds is 4. The minimum absolute atomic E-state index is 0.0822. The average Bonchev–Trinajstić information content (AvgIpc) is 2.79. The van der Waals surface area contributed by atoms with Crippen LogP contribution in [0.3, 0.4) is 0 Å². The molecule has 0 aliphatic rings. The third-order valence-electron chi connectivity index (χ3n) is 2.62. The number of nitrogens with one attached hydrogen (secondary N) is 1. The maximum Gasteiger partial charge on any atom is 0.248 e. The molecular weight excluding hydrogens is 342 g/mol. The summed E-state index contributed by atoms with van der Waals surface area (Å²) in [5, 5.41) is 12.2. The molecule has 2 rings (SSSR count). The quantitative estimate of drug-likeness (QED) is 0.894. The lowest BCUT2D eigenvalue weighted by Crippen LogP contribution is -2.37. The van der Waals surface area contributed by atoms with E-state index in [0.717, 1.165) is 16.6 Å². The molecule has 20 heavy (non-hydrogen) atoms. The number of benzene rings is 1. The Morgan fingerprint density at radius 3 is 2.75 bits per heavy atom. The van der Waals surface area contributed by atoms with E-state index in [2.05, 4.69) is 52.2 Å². The van der Waals surface area contributed by atoms with Crippen molar-refractivity contribution in [2.45, 2.75) is 32.7 Å². The summed E-state index contributed by atoms with van der Waals surface area (Å²) < 4.78 is 6.55. The molecule has 2 aromatic rings. The van der Waals surface area contributed by atoms with Crippen molar-refractivity contribution in [3.05, 3.63) is 33.6 Å². The van der Waals surface area contributed by atoms with Crippen LogP contribution in [0.1, 0.15) is 26.7 Å². The molecule has 0 amide bonds. The smallest absolute Gasteiger partial charge is 0.248 e. The van der Waals surface area contributed by atoms with Gasteiger partial charge in [-0.2, -0.15) is 0 Å². The van der Waals surface area contributed by atoms with Gasteiger partial charge in [-0.05, 0) is 54.9 Å². The molecule has 1 N–H and O–H groups in total. The van der Waals surface area contributed by atoms with Gasteiger partial charge in [0.1, 0.15) is 0 Å². The van der Waals surface area contributed by atoms with E-state index in [9.17, 15) is 0 Å². The third-order valence-corrected chi connectivity index (χ3v) is 3.55. The predicted octanol–water partition coefficient (Wildman–Crippen LogP) is 4.08. The SMILES string of the molecule is CC(C)(C)NCCc1nnc(-c2cc(Cl)ccc2Br)o1. The van der Waals surface area contributed by atoms with E-state index in [1.54, 1.807) is 12.1 Å². The summed E-state index contributed by atoms with van der Waals surface area (Å²) in [5.41, 5.74) is 0.888. The van der Waals surface area contributed by atoms with Gasteiger partial charge in [0, 0.05) is 28.0 Å². The number of nitrogens with zero attached hydrogens (tertiary/aromatic N) is 2. The van der Waals surface area contributed by atoms with Crippen LogP contribution >= 0.6 is 27.5 Å². The monoisotopic (exact) mass is 357 g/mol. The first-order valence-corrected chi connectivity index (χ1v) is 7.55. The van der Waals surface area contributed by atoms with Crippen molar-refractivity contribution in [1.29, 1.82) is 0 Å². The first-order valence-electron chi connectivity index (χ1n) is 6.38. The second-order valence-electron chi connectivity index (χ2n) is 5.55. The molecule has 0 aliphatic heterocycles. The van der Waals surface area contributed by atoms with E-state index >= 15 is 0 Å². The number of hydrogen-bond acceptors (Lipinski definition) is 4. The van der Waals surface area contributed by atoms with Gasteiger partial charge in [0.05, 0.1) is 5.56 Å². The Labute approximate surface area is 132 Å². The van der Waals surface area contributed by atoms with Crippen LogP contribution in [-0.4, -0.2) is 22.3 Å². The van der Waals surface area contributed by atoms with Gasteiger partial charge in [-0.15, -0.1) is 10.2 Å². The van der Waals surface area contributed by atoms with Crippen molar-refractivity contribution in [3.8, 4) is 11.5 Å². The average molecular weight is 359 g/mol. The zero-order chi connectivity index (χ0) is 14.8. The Balaban J connectivity index is 2.07. The van der Waals surface area contributed by atoms with Gasteiger partial charge in [0.25, 0.3) is 0 Å². The zero-order valence-corrected chi connectivity index (χ0v) is 14.0. The lowest BCUT2D eigenvalue weighted by molar-refractivity contribution is 0.412. The van der Waals surface area contributed by atoms with E-state index in [-0.39, 0.29) is 5.54 Å². The third kappa shape index (κ3) is 4.30. The minimum Gasteiger partial charge on any atom is -0.421 e. The maximum absolute atomic E-state index is 5.99. The van der Waals surface area contributed by atoms with Crippen molar-refractivity contribution in [2.75, 3.05) is 6.54 Å². The number of hydrogen-bond donors (Lipinski definition) is 1. The molecule has 0 atom stereocenters. The van der Waals surface area contributed by atoms with Crippen LogP contribution in [0.15, 0.2) is 27.1 Å². The van der Waals surface area contributed by atoms with Crippen LogP contribution in [0, 0.1) is 0 Å². The van der Waals surface area contributed by atoms with Crippen LogP contribution in [0.5, 0.6) is 0 Å². The van der Waals surface area contributed by atoms with E-state index in [1.165, 1.54) is 0 Å². The topological polar surface area (TPSA) is 51.0 Å². The normalized spacial score (nSPS) is 11.8. The Hall–Kier alpha value is -0.910. The molecule has 4 nitrogen and oxygen atoms in total. The van der Waals surface area contributed by atoms with Gasteiger partial charge in [-0.3, -0.25) is 0 Å². The molecule has 1 aromatic carbocycles. The summed E-state index contributed by atoms with van der Waals surface area (Å²) in [5.74, 6) is 1.09. The fourth-order valence-electron chi connectivity index (χ4n) is 1.67. The summed E-state index contributed by atoms with van der Waals surface area (Å²) in [4.78, 5) is 0. The van der Waals surface area contributed by atoms with Crippen LogP contribution in [-0.2, 0) is 6.42 Å². The highest BCUT2D eigenvalue weighted by Gasteiger charge is 2.13. The van der Waals surface area contributed by atoms with Crippen molar-refractivity contribution in [3.63, 3.8) is 0 Å². The van der Waals surface area contributed by atoms with Crippen LogP contribution in [0.4, 0.5) is 0 Å². The summed E-state index contributed by atoms with van der Waals surface area (Å²) in [7, 11) is 0. The highest BCUT2D eigenvalue weighted by Crippen LogP contribution is 2.29. The molecule has 1 heterocycles. The summed E-state index contributed by atoms with van der Waals surface area (Å²) >= 11 is 9.44. The molecule has 0 bridgehead atoms. The molecule has 108 valence electrons. The summed E-state index contributed by atoms with van der Waals surface area (Å²) in [6.07, 6.45) is 0.697. The molecule has 0 aliphatic carbocycles. The molecule has 6 heteroatoms. The molecule has 0 saturated carbocycles. The molecule has 0 radical (unpaired) electrons. The fraction of sp³-hybridized carbons (Fsp3) is 0.429. The Morgan fingerprint density at radius 2 is 2.05 bits per heavy atom. The fourth-order valence-corrected chi connectivity index (χ4v) is 2.26. The molecular formula is C14H17BrClN3O. The Bertz CT molecular complexity index is 592. The molecule has 0 unspecified atom stereocenters. The van der Waals surface area contributed by atoms with Gasteiger partial charge in [-0.25, -0.2) is 0 Å². The molecule has 1 aromatic heterocycles. The van der Waals surface area contributed by atoms with Crippen molar-refractivity contribution < 1.29 is 4.42 Å². The zero-order valence-electron chi connectivity index (χ0n) is 11.7. The number of aromatic nitrogens is 2. The van der Waals surface area contributed by atoms with Crippen molar-refractivity contribution in [2.24, 2.45) is 0 Å². The van der Waals surface area contributed by atoms with Crippen LogP contribution < -0.4 is 5.32 Å². The van der Waals surface area contributed by atoms with Gasteiger partial charge in [0.15, 0.2) is 0 Å². The largest absolute Gasteiger partial charge is 0.421 e. The first-order chi connectivity index (χ1) is 9.35. The molecule has 0 spiro atoms. The first kappa shape index (κ1) is 15.5. The molecule has 0 fully saturated rings. The lowest BCUT2D eigenvalue weighted by Gasteiger charge is -2.19. The van der Waals surface area contributed by atoms with Gasteiger partial charge < -0.3 is 9.73 Å². The van der Waals surface area contributed by atoms with E-state index in [4.69, 9.17) is 16.0 Å². The highest BCUT2D eigenvalue weighted by atomic mass is 79.9. The van der Waals surface area contributed by atoms with Crippen LogP contribution in [0.25, 0.3) is 11.5 Å². The van der Waals surface area contributed by atoms with Gasteiger partial charge >= 0.3 is 0 Å². The second kappa shape index (κ2) is 6.24. The summed E-state index contributed by atoms with van der Waals surface area (Å²) in [6, 6.07) is 5.47.